The Morgan fingerprint density at radius 2 is 2.16 bits per heavy atom. The fraction of sp³-hybridized carbons (Fsp3) is 0.364. The number of rotatable bonds is 5. The first-order valence-electron chi connectivity index (χ1n) is 5.64. The van der Waals surface area contributed by atoms with Crippen LogP contribution in [0, 0.1) is 10.1 Å². The number of aliphatic hydroxyl groups is 3. The van der Waals surface area contributed by atoms with Gasteiger partial charge in [-0.2, -0.15) is 5.10 Å². The number of hydrogen-bond acceptors (Lipinski definition) is 6. The molecular formula is C11H13N3O5. The molecule has 4 N–H and O–H groups in total. The van der Waals surface area contributed by atoms with Gasteiger partial charge in [0.2, 0.25) is 0 Å². The molecule has 8 nitrogen and oxygen atoms in total. The topological polar surface area (TPSA) is 133 Å². The van der Waals surface area contributed by atoms with Crippen molar-refractivity contribution in [2.45, 2.75) is 18.6 Å². The van der Waals surface area contributed by atoms with Crippen molar-refractivity contribution < 1.29 is 20.2 Å². The van der Waals surface area contributed by atoms with E-state index in [2.05, 4.69) is 10.2 Å². The summed E-state index contributed by atoms with van der Waals surface area (Å²) in [6.07, 6.45) is -2.47. The zero-order chi connectivity index (χ0) is 14.0. The van der Waals surface area contributed by atoms with Crippen LogP contribution in [0.15, 0.2) is 18.2 Å². The van der Waals surface area contributed by atoms with Gasteiger partial charge in [0.1, 0.15) is 6.10 Å². The molecule has 0 bridgehead atoms. The van der Waals surface area contributed by atoms with Gasteiger partial charge in [-0.15, -0.1) is 0 Å². The number of nitrogens with zero attached hydrogens (tertiary/aromatic N) is 2. The second-order valence-corrected chi connectivity index (χ2v) is 4.09. The van der Waals surface area contributed by atoms with Crippen LogP contribution >= 0.6 is 0 Å². The lowest BCUT2D eigenvalue weighted by molar-refractivity contribution is -0.383. The van der Waals surface area contributed by atoms with Crippen LogP contribution in [0.2, 0.25) is 0 Å². The van der Waals surface area contributed by atoms with Crippen LogP contribution in [-0.2, 0) is 0 Å². The highest BCUT2D eigenvalue weighted by Gasteiger charge is 2.24. The number of aliphatic hydroxyl groups excluding tert-OH is 3. The van der Waals surface area contributed by atoms with Gasteiger partial charge in [-0.25, -0.2) is 0 Å². The predicted molar refractivity (Wildman–Crippen MR) is 65.4 cm³/mol. The lowest BCUT2D eigenvalue weighted by atomic mass is 10.0. The van der Waals surface area contributed by atoms with Crippen LogP contribution in [0.3, 0.4) is 0 Å². The van der Waals surface area contributed by atoms with E-state index in [0.29, 0.717) is 5.39 Å². The number of hydrogen-bond donors (Lipinski definition) is 4. The number of non-ortho nitro benzene ring substituents is 1. The molecule has 0 fully saturated rings. The Morgan fingerprint density at radius 3 is 2.79 bits per heavy atom. The lowest BCUT2D eigenvalue weighted by Gasteiger charge is -2.15. The maximum atomic E-state index is 10.8. The number of nitro groups is 1. The first-order chi connectivity index (χ1) is 9.06. The van der Waals surface area contributed by atoms with Gasteiger partial charge in [-0.1, -0.05) is 12.1 Å². The van der Waals surface area contributed by atoms with Gasteiger partial charge < -0.3 is 15.3 Å². The van der Waals surface area contributed by atoms with Crippen molar-refractivity contribution in [3.63, 3.8) is 0 Å². The number of H-pyrrole nitrogens is 1. The molecule has 2 unspecified atom stereocenters. The summed E-state index contributed by atoms with van der Waals surface area (Å²) in [4.78, 5) is 10.3. The number of para-hydroxylation sites is 1. The van der Waals surface area contributed by atoms with Crippen molar-refractivity contribution in [1.82, 2.24) is 10.2 Å². The van der Waals surface area contributed by atoms with Crippen LogP contribution < -0.4 is 0 Å². The molecule has 2 rings (SSSR count). The van der Waals surface area contributed by atoms with E-state index >= 15 is 0 Å². The maximum absolute atomic E-state index is 10.8. The molecule has 0 spiro atoms. The van der Waals surface area contributed by atoms with Gasteiger partial charge in [-0.3, -0.25) is 15.2 Å². The van der Waals surface area contributed by atoms with Crippen molar-refractivity contribution in [3.05, 3.63) is 34.0 Å². The third-order valence-electron chi connectivity index (χ3n) is 2.87. The van der Waals surface area contributed by atoms with E-state index in [0.717, 1.165) is 0 Å². The predicted octanol–water partition coefficient (Wildman–Crippen LogP) is 0.248. The Morgan fingerprint density at radius 1 is 1.42 bits per heavy atom. The van der Waals surface area contributed by atoms with E-state index in [1.165, 1.54) is 12.1 Å². The normalized spacial score (nSPS) is 14.5. The molecule has 0 saturated carbocycles. The fourth-order valence-electron chi connectivity index (χ4n) is 1.90. The van der Waals surface area contributed by atoms with Gasteiger partial charge in [0.25, 0.3) is 5.69 Å². The van der Waals surface area contributed by atoms with Gasteiger partial charge in [0, 0.05) is 18.1 Å². The van der Waals surface area contributed by atoms with Gasteiger partial charge in [0.15, 0.2) is 5.52 Å². The molecule has 0 saturated heterocycles. The minimum absolute atomic E-state index is 0.00337. The average Bonchev–Trinajstić information content (AvgIpc) is 2.81. The molecule has 0 aliphatic carbocycles. The molecule has 1 aromatic heterocycles. The highest BCUT2D eigenvalue weighted by molar-refractivity contribution is 5.89. The number of nitro benzene ring substituents is 1. The zero-order valence-corrected chi connectivity index (χ0v) is 9.85. The molecule has 1 heterocycles. The quantitative estimate of drug-likeness (QED) is 0.453. The van der Waals surface area contributed by atoms with Crippen molar-refractivity contribution >= 4 is 16.6 Å². The molecule has 0 aliphatic heterocycles. The second kappa shape index (κ2) is 5.31. The summed E-state index contributed by atoms with van der Waals surface area (Å²) in [5.74, 6) is 0. The zero-order valence-electron chi connectivity index (χ0n) is 9.85. The third kappa shape index (κ3) is 2.41. The first-order valence-corrected chi connectivity index (χ1v) is 5.64. The van der Waals surface area contributed by atoms with E-state index in [1.54, 1.807) is 6.07 Å². The Labute approximate surface area is 107 Å². The van der Waals surface area contributed by atoms with Crippen LogP contribution in [0.4, 0.5) is 5.69 Å². The number of benzene rings is 1. The number of nitrogens with one attached hydrogen (secondary N) is 1. The Bertz CT molecular complexity index is 597. The Hall–Kier alpha value is -2.03. The highest BCUT2D eigenvalue weighted by Crippen LogP contribution is 2.30. The monoisotopic (exact) mass is 267 g/mol. The van der Waals surface area contributed by atoms with Crippen molar-refractivity contribution in [3.8, 4) is 0 Å². The van der Waals surface area contributed by atoms with Crippen LogP contribution in [0.1, 0.15) is 18.2 Å². The Balaban J connectivity index is 2.46. The smallest absolute Gasteiger partial charge is 0.297 e. The minimum Gasteiger partial charge on any atom is -0.396 e. The number of aromatic amines is 1. The molecular weight excluding hydrogens is 254 g/mol. The van der Waals surface area contributed by atoms with Crippen LogP contribution in [0.25, 0.3) is 10.9 Å². The summed E-state index contributed by atoms with van der Waals surface area (Å²) in [5.41, 5.74) is 0.140. The van der Waals surface area contributed by atoms with Gasteiger partial charge >= 0.3 is 0 Å². The molecule has 19 heavy (non-hydrogen) atoms. The molecule has 0 aliphatic rings. The molecule has 2 aromatic rings. The maximum Gasteiger partial charge on any atom is 0.297 e. The molecule has 2 atom stereocenters. The van der Waals surface area contributed by atoms with E-state index < -0.39 is 17.1 Å². The van der Waals surface area contributed by atoms with Gasteiger partial charge in [-0.05, 0) is 6.42 Å². The van der Waals surface area contributed by atoms with Crippen molar-refractivity contribution in [2.75, 3.05) is 6.61 Å². The summed E-state index contributed by atoms with van der Waals surface area (Å²) in [7, 11) is 0. The van der Waals surface area contributed by atoms with E-state index in [4.69, 9.17) is 5.11 Å². The lowest BCUT2D eigenvalue weighted by Crippen LogP contribution is -2.20. The number of aromatic nitrogens is 2. The van der Waals surface area contributed by atoms with Crippen molar-refractivity contribution in [2.24, 2.45) is 0 Å². The molecule has 102 valence electrons. The highest BCUT2D eigenvalue weighted by atomic mass is 16.6. The average molecular weight is 267 g/mol. The molecule has 1 aromatic carbocycles. The van der Waals surface area contributed by atoms with E-state index in [-0.39, 0.29) is 29.9 Å². The summed E-state index contributed by atoms with van der Waals surface area (Å²) < 4.78 is 0. The fourth-order valence-corrected chi connectivity index (χ4v) is 1.90. The largest absolute Gasteiger partial charge is 0.396 e. The summed E-state index contributed by atoms with van der Waals surface area (Å²) >= 11 is 0. The first kappa shape index (κ1) is 13.4. The number of fused-ring (bicyclic) bond motifs is 1. The molecule has 0 amide bonds. The summed E-state index contributed by atoms with van der Waals surface area (Å²) in [6, 6.07) is 4.35. The molecule has 0 radical (unpaired) electrons. The standard InChI is InChI=1S/C11H13N3O5/c15-5-4-8(16)11(17)10-6-2-1-3-7(14(18)19)9(6)12-13-10/h1-3,8,11,15-17H,4-5H2,(H,12,13). The van der Waals surface area contributed by atoms with Crippen molar-refractivity contribution in [1.29, 1.82) is 0 Å². The van der Waals surface area contributed by atoms with Crippen LogP contribution in [-0.4, -0.2) is 43.2 Å². The summed E-state index contributed by atoms with van der Waals surface area (Å²) in [5, 5.41) is 45.8. The van der Waals surface area contributed by atoms with E-state index in [1.807, 2.05) is 0 Å². The molecule has 8 heteroatoms. The van der Waals surface area contributed by atoms with Gasteiger partial charge in [0.05, 0.1) is 16.7 Å². The van der Waals surface area contributed by atoms with E-state index in [9.17, 15) is 20.3 Å². The second-order valence-electron chi connectivity index (χ2n) is 4.09. The summed E-state index contributed by atoms with van der Waals surface area (Å²) in [6.45, 7) is -0.273. The Kier molecular flexibility index (Phi) is 3.74. The third-order valence-corrected chi connectivity index (χ3v) is 2.87. The van der Waals surface area contributed by atoms with Crippen LogP contribution in [0.5, 0.6) is 0 Å². The SMILES string of the molecule is O=[N+]([O-])c1cccc2c(C(O)C(O)CCO)[nH]nc12. The minimum atomic E-state index is -1.29.